The molecule has 2 unspecified atom stereocenters. The van der Waals surface area contributed by atoms with E-state index in [0.717, 1.165) is 23.5 Å². The summed E-state index contributed by atoms with van der Waals surface area (Å²) < 4.78 is 2.08. The van der Waals surface area contributed by atoms with Crippen LogP contribution in [0, 0.1) is 23.2 Å². The van der Waals surface area contributed by atoms with Crippen LogP contribution in [0.25, 0.3) is 11.0 Å². The third kappa shape index (κ3) is 2.24. The molecule has 2 aromatic rings. The van der Waals surface area contributed by atoms with Crippen molar-refractivity contribution in [2.24, 2.45) is 11.8 Å². The number of hydrogen-bond donors (Lipinski definition) is 1. The van der Waals surface area contributed by atoms with E-state index in [9.17, 15) is 0 Å². The van der Waals surface area contributed by atoms with Gasteiger partial charge < -0.3 is 10.3 Å². The van der Waals surface area contributed by atoms with Crippen LogP contribution in [-0.4, -0.2) is 9.55 Å². The molecule has 1 fully saturated rings. The molecule has 1 aliphatic rings. The summed E-state index contributed by atoms with van der Waals surface area (Å²) in [7, 11) is 0. The highest BCUT2D eigenvalue weighted by molar-refractivity contribution is 5.83. The summed E-state index contributed by atoms with van der Waals surface area (Å²) in [6, 6.07) is 7.89. The van der Waals surface area contributed by atoms with Crippen molar-refractivity contribution in [2.75, 3.05) is 5.73 Å². The summed E-state index contributed by atoms with van der Waals surface area (Å²) in [6.45, 7) is 3.25. The van der Waals surface area contributed by atoms with Crippen molar-refractivity contribution in [3.05, 3.63) is 23.8 Å². The summed E-state index contributed by atoms with van der Waals surface area (Å²) in [6.07, 6.45) is 5.18. The Kier molecular flexibility index (Phi) is 3.35. The van der Waals surface area contributed by atoms with Crippen LogP contribution in [0.4, 0.5) is 5.95 Å². The van der Waals surface area contributed by atoms with E-state index in [1.54, 1.807) is 6.07 Å². The largest absolute Gasteiger partial charge is 0.369 e. The zero-order valence-electron chi connectivity index (χ0n) is 11.8. The Morgan fingerprint density at radius 3 is 3.05 bits per heavy atom. The van der Waals surface area contributed by atoms with Crippen molar-refractivity contribution in [2.45, 2.75) is 39.2 Å². The maximum atomic E-state index is 9.15. The number of rotatable bonds is 2. The predicted molar refractivity (Wildman–Crippen MR) is 80.0 cm³/mol. The lowest BCUT2D eigenvalue weighted by Crippen LogP contribution is -2.19. The predicted octanol–water partition coefficient (Wildman–Crippen LogP) is 3.32. The van der Waals surface area contributed by atoms with Crippen molar-refractivity contribution >= 4 is 17.0 Å². The highest BCUT2D eigenvalue weighted by Gasteiger charge is 2.21. The van der Waals surface area contributed by atoms with Gasteiger partial charge in [0.05, 0.1) is 11.1 Å². The van der Waals surface area contributed by atoms with Gasteiger partial charge >= 0.3 is 0 Å². The third-order valence-electron chi connectivity index (χ3n) is 4.41. The fourth-order valence-corrected chi connectivity index (χ4v) is 3.43. The van der Waals surface area contributed by atoms with Gasteiger partial charge in [-0.1, -0.05) is 25.8 Å². The van der Waals surface area contributed by atoms with E-state index in [1.807, 2.05) is 12.1 Å². The van der Waals surface area contributed by atoms with E-state index in [-0.39, 0.29) is 0 Å². The van der Waals surface area contributed by atoms with Crippen LogP contribution in [0.15, 0.2) is 18.2 Å². The van der Waals surface area contributed by atoms with Gasteiger partial charge in [-0.05, 0) is 36.8 Å². The zero-order chi connectivity index (χ0) is 14.1. The molecular weight excluding hydrogens is 248 g/mol. The summed E-state index contributed by atoms with van der Waals surface area (Å²) in [5, 5.41) is 9.15. The van der Waals surface area contributed by atoms with Crippen LogP contribution in [0.5, 0.6) is 0 Å². The van der Waals surface area contributed by atoms with Gasteiger partial charge in [-0.15, -0.1) is 0 Å². The maximum Gasteiger partial charge on any atom is 0.201 e. The minimum absolute atomic E-state index is 0.529. The van der Waals surface area contributed by atoms with Gasteiger partial charge in [-0.25, -0.2) is 4.98 Å². The number of nitrogen functional groups attached to an aromatic ring is 1. The fraction of sp³-hybridized carbons (Fsp3) is 0.500. The Hall–Kier alpha value is -2.02. The topological polar surface area (TPSA) is 67.6 Å². The van der Waals surface area contributed by atoms with E-state index < -0.39 is 0 Å². The summed E-state index contributed by atoms with van der Waals surface area (Å²) >= 11 is 0. The van der Waals surface area contributed by atoms with Gasteiger partial charge in [0.1, 0.15) is 11.6 Å². The van der Waals surface area contributed by atoms with Crippen LogP contribution < -0.4 is 5.73 Å². The first-order chi connectivity index (χ1) is 9.69. The summed E-state index contributed by atoms with van der Waals surface area (Å²) in [5.74, 6) is 2.00. The molecule has 0 bridgehead atoms. The second-order valence-electron chi connectivity index (χ2n) is 6.00. The van der Waals surface area contributed by atoms with Crippen molar-refractivity contribution in [3.63, 3.8) is 0 Å². The van der Waals surface area contributed by atoms with Crippen LogP contribution in [0.2, 0.25) is 0 Å². The van der Waals surface area contributed by atoms with Crippen LogP contribution >= 0.6 is 0 Å². The zero-order valence-corrected chi connectivity index (χ0v) is 11.8. The first kappa shape index (κ1) is 13.0. The Labute approximate surface area is 119 Å². The number of benzene rings is 1. The number of anilines is 1. The van der Waals surface area contributed by atoms with E-state index in [1.165, 1.54) is 25.7 Å². The molecule has 2 N–H and O–H groups in total. The first-order valence-corrected chi connectivity index (χ1v) is 7.34. The molecule has 4 nitrogen and oxygen atoms in total. The molecule has 0 spiro atoms. The average molecular weight is 268 g/mol. The molecule has 2 atom stereocenters. The van der Waals surface area contributed by atoms with Gasteiger partial charge in [0.25, 0.3) is 0 Å². The molecule has 0 amide bonds. The highest BCUT2D eigenvalue weighted by Crippen LogP contribution is 2.31. The Balaban J connectivity index is 1.95. The summed E-state index contributed by atoms with van der Waals surface area (Å²) in [4.78, 5) is 4.39. The SMILES string of the molecule is CC1CCCC(Cn2c(N)nc3c(C#N)cccc32)C1. The van der Waals surface area contributed by atoms with Crippen molar-refractivity contribution < 1.29 is 0 Å². The van der Waals surface area contributed by atoms with Crippen molar-refractivity contribution in [1.29, 1.82) is 5.26 Å². The lowest BCUT2D eigenvalue weighted by atomic mass is 9.82. The molecule has 1 heterocycles. The van der Waals surface area contributed by atoms with E-state index in [0.29, 0.717) is 17.4 Å². The van der Waals surface area contributed by atoms with E-state index in [4.69, 9.17) is 11.0 Å². The number of nitrogens with zero attached hydrogens (tertiary/aromatic N) is 3. The molecule has 0 aliphatic heterocycles. The average Bonchev–Trinajstić information content (AvgIpc) is 2.75. The Bertz CT molecular complexity index is 665. The van der Waals surface area contributed by atoms with Crippen LogP contribution in [0.3, 0.4) is 0 Å². The second-order valence-corrected chi connectivity index (χ2v) is 6.00. The number of nitrogens with two attached hydrogens (primary N) is 1. The quantitative estimate of drug-likeness (QED) is 0.908. The molecule has 104 valence electrons. The number of imidazole rings is 1. The molecule has 1 saturated carbocycles. The van der Waals surface area contributed by atoms with Gasteiger partial charge in [-0.3, -0.25) is 0 Å². The Morgan fingerprint density at radius 1 is 1.45 bits per heavy atom. The smallest absolute Gasteiger partial charge is 0.201 e. The first-order valence-electron chi connectivity index (χ1n) is 7.34. The van der Waals surface area contributed by atoms with E-state index in [2.05, 4.69) is 22.5 Å². The van der Waals surface area contributed by atoms with Crippen molar-refractivity contribution in [1.82, 2.24) is 9.55 Å². The van der Waals surface area contributed by atoms with Crippen LogP contribution in [0.1, 0.15) is 38.2 Å². The van der Waals surface area contributed by atoms with E-state index >= 15 is 0 Å². The lowest BCUT2D eigenvalue weighted by Gasteiger charge is -2.27. The fourth-order valence-electron chi connectivity index (χ4n) is 3.43. The monoisotopic (exact) mass is 268 g/mol. The minimum atomic E-state index is 0.529. The summed E-state index contributed by atoms with van der Waals surface area (Å²) in [5.41, 5.74) is 8.39. The Morgan fingerprint density at radius 2 is 2.30 bits per heavy atom. The van der Waals surface area contributed by atoms with Gasteiger partial charge in [0, 0.05) is 6.54 Å². The lowest BCUT2D eigenvalue weighted by molar-refractivity contribution is 0.259. The molecule has 1 aromatic heterocycles. The molecule has 1 aliphatic carbocycles. The molecule has 1 aromatic carbocycles. The molecule has 0 radical (unpaired) electrons. The van der Waals surface area contributed by atoms with Gasteiger partial charge in [-0.2, -0.15) is 5.26 Å². The number of nitriles is 1. The number of hydrogen-bond acceptors (Lipinski definition) is 3. The van der Waals surface area contributed by atoms with Crippen LogP contribution in [-0.2, 0) is 6.54 Å². The highest BCUT2D eigenvalue weighted by atomic mass is 15.2. The second kappa shape index (κ2) is 5.16. The van der Waals surface area contributed by atoms with Gasteiger partial charge in [0.2, 0.25) is 5.95 Å². The number of fused-ring (bicyclic) bond motifs is 1. The molecule has 4 heteroatoms. The van der Waals surface area contributed by atoms with Gasteiger partial charge in [0.15, 0.2) is 0 Å². The molecule has 3 rings (SSSR count). The third-order valence-corrected chi connectivity index (χ3v) is 4.41. The minimum Gasteiger partial charge on any atom is -0.369 e. The molecule has 0 saturated heterocycles. The number of para-hydroxylation sites is 1. The molecule has 20 heavy (non-hydrogen) atoms. The maximum absolute atomic E-state index is 9.15. The van der Waals surface area contributed by atoms with Crippen molar-refractivity contribution in [3.8, 4) is 6.07 Å². The number of aromatic nitrogens is 2. The normalized spacial score (nSPS) is 22.8. The molecular formula is C16H20N4. The standard InChI is InChI=1S/C16H20N4/c1-11-4-2-5-12(8-11)10-20-14-7-3-6-13(9-17)15(14)19-16(20)18/h3,6-7,11-12H,2,4-5,8,10H2,1H3,(H2,18,19).